The second-order valence-corrected chi connectivity index (χ2v) is 4.97. The van der Waals surface area contributed by atoms with Gasteiger partial charge >= 0.3 is 0 Å². The number of hydrogen-bond acceptors (Lipinski definition) is 4. The molecule has 2 N–H and O–H groups in total. The standard InChI is InChI=1S/C12H13N3O2S/c1-3-9-7(2)18-12(14-9)15-11(17)8-4-5-13-10(16)6-8/h4-6H,3H2,1-2H3,(H,13,16)(H,14,15,17). The Hall–Kier alpha value is -1.95. The van der Waals surface area contributed by atoms with Crippen molar-refractivity contribution in [3.8, 4) is 0 Å². The number of aromatic nitrogens is 2. The molecule has 0 saturated heterocycles. The molecular formula is C12H13N3O2S. The van der Waals surface area contributed by atoms with Gasteiger partial charge in [0, 0.05) is 22.7 Å². The third kappa shape index (κ3) is 2.65. The van der Waals surface area contributed by atoms with Crippen molar-refractivity contribution in [3.05, 3.63) is 44.8 Å². The molecule has 0 aliphatic carbocycles. The van der Waals surface area contributed by atoms with E-state index in [9.17, 15) is 9.59 Å². The highest BCUT2D eigenvalue weighted by Crippen LogP contribution is 2.22. The fourth-order valence-electron chi connectivity index (χ4n) is 1.56. The van der Waals surface area contributed by atoms with E-state index in [1.165, 1.54) is 23.6 Å². The van der Waals surface area contributed by atoms with Crippen LogP contribution in [0.5, 0.6) is 0 Å². The number of amides is 1. The van der Waals surface area contributed by atoms with E-state index in [2.05, 4.69) is 15.3 Å². The van der Waals surface area contributed by atoms with E-state index in [0.717, 1.165) is 17.0 Å². The number of nitrogens with zero attached hydrogens (tertiary/aromatic N) is 1. The molecule has 0 unspecified atom stereocenters. The minimum atomic E-state index is -0.322. The van der Waals surface area contributed by atoms with Gasteiger partial charge in [0.1, 0.15) is 0 Å². The van der Waals surface area contributed by atoms with Gasteiger partial charge < -0.3 is 4.98 Å². The summed E-state index contributed by atoms with van der Waals surface area (Å²) in [6.45, 7) is 3.99. The predicted molar refractivity (Wildman–Crippen MR) is 71.2 cm³/mol. The summed E-state index contributed by atoms with van der Waals surface area (Å²) in [5.41, 5.74) is 1.01. The molecule has 0 bridgehead atoms. The zero-order valence-corrected chi connectivity index (χ0v) is 10.9. The lowest BCUT2D eigenvalue weighted by Gasteiger charge is -2.00. The van der Waals surface area contributed by atoms with Crippen LogP contribution in [0.15, 0.2) is 23.1 Å². The van der Waals surface area contributed by atoms with E-state index in [4.69, 9.17) is 0 Å². The molecule has 2 rings (SSSR count). The molecule has 18 heavy (non-hydrogen) atoms. The van der Waals surface area contributed by atoms with E-state index in [-0.39, 0.29) is 11.5 Å². The highest BCUT2D eigenvalue weighted by atomic mass is 32.1. The molecule has 0 fully saturated rings. The largest absolute Gasteiger partial charge is 0.329 e. The van der Waals surface area contributed by atoms with Crippen molar-refractivity contribution in [1.82, 2.24) is 9.97 Å². The maximum Gasteiger partial charge on any atom is 0.257 e. The molecule has 2 aromatic rings. The van der Waals surface area contributed by atoms with Gasteiger partial charge in [-0.1, -0.05) is 6.92 Å². The van der Waals surface area contributed by atoms with E-state index >= 15 is 0 Å². The first-order chi connectivity index (χ1) is 8.60. The molecule has 2 heterocycles. The Morgan fingerprint density at radius 1 is 1.56 bits per heavy atom. The number of thiazole rings is 1. The number of H-pyrrole nitrogens is 1. The maximum absolute atomic E-state index is 11.9. The molecule has 5 nitrogen and oxygen atoms in total. The number of anilines is 1. The molecule has 0 aliphatic rings. The van der Waals surface area contributed by atoms with Crippen LogP contribution in [0.1, 0.15) is 27.9 Å². The molecule has 94 valence electrons. The fourth-order valence-corrected chi connectivity index (χ4v) is 2.46. The number of carbonyl (C=O) groups is 1. The zero-order valence-electron chi connectivity index (χ0n) is 10.1. The number of aromatic amines is 1. The quantitative estimate of drug-likeness (QED) is 0.888. The van der Waals surface area contributed by atoms with Gasteiger partial charge in [0.25, 0.3) is 5.91 Å². The predicted octanol–water partition coefficient (Wildman–Crippen LogP) is 1.95. The smallest absolute Gasteiger partial charge is 0.257 e. The Morgan fingerprint density at radius 2 is 2.33 bits per heavy atom. The number of rotatable bonds is 3. The SMILES string of the molecule is CCc1nc(NC(=O)c2cc[nH]c(=O)c2)sc1C. The van der Waals surface area contributed by atoms with Gasteiger partial charge in [0.05, 0.1) is 5.69 Å². The van der Waals surface area contributed by atoms with Crippen molar-refractivity contribution in [1.29, 1.82) is 0 Å². The topological polar surface area (TPSA) is 74.8 Å². The number of carbonyl (C=O) groups excluding carboxylic acids is 1. The van der Waals surface area contributed by atoms with Crippen molar-refractivity contribution < 1.29 is 4.79 Å². The first-order valence-corrected chi connectivity index (χ1v) is 6.38. The molecule has 0 atom stereocenters. The first-order valence-electron chi connectivity index (χ1n) is 5.56. The zero-order chi connectivity index (χ0) is 13.1. The van der Waals surface area contributed by atoms with Crippen LogP contribution in [0.4, 0.5) is 5.13 Å². The molecule has 0 aliphatic heterocycles. The van der Waals surface area contributed by atoms with Crippen LogP contribution in [-0.4, -0.2) is 15.9 Å². The Labute approximate surface area is 108 Å². The summed E-state index contributed by atoms with van der Waals surface area (Å²) in [4.78, 5) is 30.9. The van der Waals surface area contributed by atoms with Crippen LogP contribution in [0, 0.1) is 6.92 Å². The number of pyridine rings is 1. The summed E-state index contributed by atoms with van der Waals surface area (Å²) in [7, 11) is 0. The first kappa shape index (κ1) is 12.5. The lowest BCUT2D eigenvalue weighted by Crippen LogP contribution is -2.15. The maximum atomic E-state index is 11.9. The second kappa shape index (κ2) is 5.14. The van der Waals surface area contributed by atoms with Crippen molar-refractivity contribution in [2.75, 3.05) is 5.32 Å². The van der Waals surface area contributed by atoms with E-state index in [1.54, 1.807) is 6.07 Å². The molecule has 6 heteroatoms. The number of aryl methyl sites for hydroxylation is 2. The van der Waals surface area contributed by atoms with E-state index in [0.29, 0.717) is 10.7 Å². The number of hydrogen-bond donors (Lipinski definition) is 2. The van der Waals surface area contributed by atoms with Crippen LogP contribution < -0.4 is 10.9 Å². The molecule has 1 amide bonds. The third-order valence-corrected chi connectivity index (χ3v) is 3.41. The van der Waals surface area contributed by atoms with Crippen molar-refractivity contribution in [3.63, 3.8) is 0 Å². The molecule has 2 aromatic heterocycles. The van der Waals surface area contributed by atoms with Crippen molar-refractivity contribution in [2.45, 2.75) is 20.3 Å². The minimum absolute atomic E-state index is 0.299. The Morgan fingerprint density at radius 3 is 2.94 bits per heavy atom. The Kier molecular flexibility index (Phi) is 3.57. The highest BCUT2D eigenvalue weighted by molar-refractivity contribution is 7.15. The highest BCUT2D eigenvalue weighted by Gasteiger charge is 2.11. The molecule has 0 radical (unpaired) electrons. The molecule has 0 spiro atoms. The van der Waals surface area contributed by atoms with Gasteiger partial charge in [-0.25, -0.2) is 4.98 Å². The lowest BCUT2D eigenvalue weighted by molar-refractivity contribution is 0.102. The summed E-state index contributed by atoms with van der Waals surface area (Å²) in [6.07, 6.45) is 2.28. The van der Waals surface area contributed by atoms with Gasteiger partial charge in [-0.3, -0.25) is 14.9 Å². The third-order valence-electron chi connectivity index (χ3n) is 2.49. The normalized spacial score (nSPS) is 10.3. The van der Waals surface area contributed by atoms with Crippen molar-refractivity contribution in [2.24, 2.45) is 0 Å². The summed E-state index contributed by atoms with van der Waals surface area (Å²) in [5, 5.41) is 3.26. The van der Waals surface area contributed by atoms with Gasteiger partial charge in [-0.15, -0.1) is 11.3 Å². The summed E-state index contributed by atoms with van der Waals surface area (Å²) in [5.74, 6) is -0.322. The second-order valence-electron chi connectivity index (χ2n) is 3.77. The van der Waals surface area contributed by atoms with Gasteiger partial charge in [0.2, 0.25) is 5.56 Å². The molecule has 0 aromatic carbocycles. The van der Waals surface area contributed by atoms with Crippen LogP contribution in [0.2, 0.25) is 0 Å². The van der Waals surface area contributed by atoms with Gasteiger partial charge in [-0.2, -0.15) is 0 Å². The molecular weight excluding hydrogens is 250 g/mol. The van der Waals surface area contributed by atoms with Gasteiger partial charge in [0.15, 0.2) is 5.13 Å². The number of nitrogens with one attached hydrogen (secondary N) is 2. The lowest BCUT2D eigenvalue weighted by atomic mass is 10.2. The van der Waals surface area contributed by atoms with Gasteiger partial charge in [-0.05, 0) is 19.4 Å². The monoisotopic (exact) mass is 263 g/mol. The summed E-state index contributed by atoms with van der Waals surface area (Å²) < 4.78 is 0. The van der Waals surface area contributed by atoms with Crippen LogP contribution in [0.25, 0.3) is 0 Å². The summed E-state index contributed by atoms with van der Waals surface area (Å²) >= 11 is 1.44. The van der Waals surface area contributed by atoms with Crippen LogP contribution >= 0.6 is 11.3 Å². The average molecular weight is 263 g/mol. The Bertz CT molecular complexity index is 630. The van der Waals surface area contributed by atoms with E-state index < -0.39 is 0 Å². The average Bonchev–Trinajstić information content (AvgIpc) is 2.69. The Balaban J connectivity index is 2.18. The van der Waals surface area contributed by atoms with Crippen LogP contribution in [-0.2, 0) is 6.42 Å². The van der Waals surface area contributed by atoms with Crippen molar-refractivity contribution >= 4 is 22.4 Å². The fraction of sp³-hybridized carbons (Fsp3) is 0.250. The summed E-state index contributed by atoms with van der Waals surface area (Å²) in [6, 6.07) is 2.81. The van der Waals surface area contributed by atoms with Crippen LogP contribution in [0.3, 0.4) is 0 Å². The van der Waals surface area contributed by atoms with E-state index in [1.807, 2.05) is 13.8 Å². The minimum Gasteiger partial charge on any atom is -0.329 e. The molecule has 0 saturated carbocycles.